The van der Waals surface area contributed by atoms with Gasteiger partial charge in [0, 0.05) is 19.7 Å². The second-order valence-corrected chi connectivity index (χ2v) is 2.95. The summed E-state index contributed by atoms with van der Waals surface area (Å²) in [7, 11) is 5.08. The van der Waals surface area contributed by atoms with Crippen LogP contribution in [0.2, 0.25) is 0 Å². The van der Waals surface area contributed by atoms with E-state index in [1.165, 1.54) is 0 Å². The fourth-order valence-electron chi connectivity index (χ4n) is 1.34. The van der Waals surface area contributed by atoms with Gasteiger partial charge in [0.05, 0.1) is 0 Å². The van der Waals surface area contributed by atoms with Crippen molar-refractivity contribution < 1.29 is 9.90 Å². The lowest BCUT2D eigenvalue weighted by molar-refractivity contribution is 0.148. The first-order valence-corrected chi connectivity index (χ1v) is 3.89. The number of carbonyl (C=O) groups is 1. The average Bonchev–Trinajstić information content (AvgIpc) is 2.05. The van der Waals surface area contributed by atoms with Gasteiger partial charge < -0.3 is 10.0 Å². The predicted octanol–water partition coefficient (Wildman–Crippen LogP) is -0.0208. The van der Waals surface area contributed by atoms with Crippen molar-refractivity contribution in [3.8, 4) is 0 Å². The first-order chi connectivity index (χ1) is 5.24. The van der Waals surface area contributed by atoms with Crippen LogP contribution in [0.4, 0.5) is 4.79 Å². The van der Waals surface area contributed by atoms with Crippen LogP contribution in [-0.2, 0) is 0 Å². The number of amides is 1. The van der Waals surface area contributed by atoms with E-state index in [0.29, 0.717) is 19.0 Å². The molecule has 60 valence electrons. The smallest absolute Gasteiger partial charge is 0.200 e. The average molecular weight is 153 g/mol. The van der Waals surface area contributed by atoms with Gasteiger partial charge in [-0.3, -0.25) is 4.79 Å². The van der Waals surface area contributed by atoms with Gasteiger partial charge in [0.2, 0.25) is 7.85 Å². The molecule has 1 saturated heterocycles. The first kappa shape index (κ1) is 8.59. The fourth-order valence-corrected chi connectivity index (χ4v) is 1.34. The van der Waals surface area contributed by atoms with Crippen molar-refractivity contribution in [2.24, 2.45) is 5.92 Å². The molecule has 4 heteroatoms. The molecule has 0 bridgehead atoms. The molecule has 0 saturated carbocycles. The number of hydrogen-bond donors (Lipinski definition) is 1. The van der Waals surface area contributed by atoms with Gasteiger partial charge in [-0.1, -0.05) is 0 Å². The summed E-state index contributed by atoms with van der Waals surface area (Å²) in [5.74, 6) is 0.0204. The number of likely N-dealkylation sites (tertiary alicyclic amines) is 1. The summed E-state index contributed by atoms with van der Waals surface area (Å²) in [5.41, 5.74) is 0. The molecule has 11 heavy (non-hydrogen) atoms. The molecular weight excluding hydrogens is 141 g/mol. The number of carbonyl (C=O) groups excluding carboxylic acids is 1. The Morgan fingerprint density at radius 2 is 2.09 bits per heavy atom. The van der Waals surface area contributed by atoms with Gasteiger partial charge in [-0.05, 0) is 18.8 Å². The second-order valence-electron chi connectivity index (χ2n) is 2.95. The van der Waals surface area contributed by atoms with Crippen molar-refractivity contribution in [2.45, 2.75) is 12.8 Å². The molecule has 0 aromatic carbocycles. The van der Waals surface area contributed by atoms with E-state index < -0.39 is 0 Å². The molecule has 1 aliphatic rings. The van der Waals surface area contributed by atoms with Crippen molar-refractivity contribution in [2.75, 3.05) is 19.7 Å². The van der Waals surface area contributed by atoms with E-state index in [-0.39, 0.29) is 12.4 Å². The molecule has 0 aromatic rings. The summed E-state index contributed by atoms with van der Waals surface area (Å²) in [6.45, 7) is 1.62. The van der Waals surface area contributed by atoms with Crippen LogP contribution < -0.4 is 0 Å². The van der Waals surface area contributed by atoms with Crippen LogP contribution in [-0.4, -0.2) is 43.4 Å². The summed E-state index contributed by atoms with van der Waals surface area (Å²) >= 11 is 0. The summed E-state index contributed by atoms with van der Waals surface area (Å²) in [6.07, 6.45) is 1.75. The Kier molecular flexibility index (Phi) is 2.94. The molecule has 0 atom stereocenters. The van der Waals surface area contributed by atoms with Gasteiger partial charge >= 0.3 is 0 Å². The Hall–Kier alpha value is -0.505. The maximum Gasteiger partial charge on any atom is 0.200 e. The van der Waals surface area contributed by atoms with Gasteiger partial charge in [-0.2, -0.15) is 0 Å². The highest BCUT2D eigenvalue weighted by molar-refractivity contribution is 6.56. The number of nitrogens with zero attached hydrogens (tertiary/aromatic N) is 1. The molecule has 0 aliphatic carbocycles. The van der Waals surface area contributed by atoms with E-state index in [9.17, 15) is 4.79 Å². The standard InChI is InChI=1S/C7H12BNO2/c8-7(11)9-3-1-6(5-10)2-4-9/h6,10H,1-5H2. The van der Waals surface area contributed by atoms with E-state index in [4.69, 9.17) is 13.0 Å². The quantitative estimate of drug-likeness (QED) is 0.537. The van der Waals surface area contributed by atoms with Crippen molar-refractivity contribution >= 4 is 13.7 Å². The highest BCUT2D eigenvalue weighted by Gasteiger charge is 2.18. The Labute approximate surface area is 67.8 Å². The molecule has 0 aromatic heterocycles. The summed E-state index contributed by atoms with van der Waals surface area (Å²) in [4.78, 5) is 12.3. The van der Waals surface area contributed by atoms with Crippen molar-refractivity contribution in [3.63, 3.8) is 0 Å². The van der Waals surface area contributed by atoms with E-state index in [1.54, 1.807) is 4.90 Å². The zero-order chi connectivity index (χ0) is 8.27. The molecule has 1 amide bonds. The predicted molar refractivity (Wildman–Crippen MR) is 42.5 cm³/mol. The normalized spacial score (nSPS) is 20.3. The van der Waals surface area contributed by atoms with E-state index >= 15 is 0 Å². The third-order valence-electron chi connectivity index (χ3n) is 2.18. The van der Waals surface area contributed by atoms with Crippen molar-refractivity contribution in [3.05, 3.63) is 0 Å². The van der Waals surface area contributed by atoms with Crippen LogP contribution >= 0.6 is 0 Å². The zero-order valence-electron chi connectivity index (χ0n) is 6.49. The molecule has 1 N–H and O–H groups in total. The van der Waals surface area contributed by atoms with Gasteiger partial charge in [0.25, 0.3) is 0 Å². The SMILES string of the molecule is [B]C(=O)N1CCC(CO)CC1. The van der Waals surface area contributed by atoms with Gasteiger partial charge in [0.1, 0.15) is 0 Å². The van der Waals surface area contributed by atoms with Crippen LogP contribution in [0.15, 0.2) is 0 Å². The maximum absolute atomic E-state index is 10.6. The largest absolute Gasteiger partial charge is 0.396 e. The van der Waals surface area contributed by atoms with Gasteiger partial charge in [0.15, 0.2) is 5.81 Å². The molecule has 3 nitrogen and oxygen atoms in total. The summed E-state index contributed by atoms with van der Waals surface area (Å²) < 4.78 is 0. The minimum Gasteiger partial charge on any atom is -0.396 e. The lowest BCUT2D eigenvalue weighted by Gasteiger charge is -2.30. The van der Waals surface area contributed by atoms with E-state index in [0.717, 1.165) is 12.8 Å². The zero-order valence-corrected chi connectivity index (χ0v) is 6.49. The van der Waals surface area contributed by atoms with Crippen LogP contribution in [0.3, 0.4) is 0 Å². The molecule has 1 fully saturated rings. The minimum atomic E-state index is -0.346. The lowest BCUT2D eigenvalue weighted by Crippen LogP contribution is -2.38. The van der Waals surface area contributed by atoms with E-state index in [2.05, 4.69) is 0 Å². The second kappa shape index (κ2) is 3.76. The molecule has 0 unspecified atom stereocenters. The molecule has 2 radical (unpaired) electrons. The number of piperidine rings is 1. The minimum absolute atomic E-state index is 0.229. The van der Waals surface area contributed by atoms with Gasteiger partial charge in [-0.25, -0.2) is 0 Å². The Morgan fingerprint density at radius 1 is 1.55 bits per heavy atom. The molecule has 1 rings (SSSR count). The maximum atomic E-state index is 10.6. The molecular formula is C7H12BNO2. The number of hydrogen-bond acceptors (Lipinski definition) is 2. The van der Waals surface area contributed by atoms with Crippen molar-refractivity contribution in [1.82, 2.24) is 4.90 Å². The van der Waals surface area contributed by atoms with Crippen molar-refractivity contribution in [1.29, 1.82) is 0 Å². The van der Waals surface area contributed by atoms with Crippen LogP contribution in [0.1, 0.15) is 12.8 Å². The van der Waals surface area contributed by atoms with E-state index in [1.807, 2.05) is 0 Å². The Morgan fingerprint density at radius 3 is 2.45 bits per heavy atom. The Bertz CT molecular complexity index is 143. The Balaban J connectivity index is 2.30. The number of rotatable bonds is 1. The molecule has 1 heterocycles. The summed E-state index contributed by atoms with van der Waals surface area (Å²) in [5, 5.41) is 8.78. The molecule has 0 spiro atoms. The lowest BCUT2D eigenvalue weighted by atomic mass is 9.96. The van der Waals surface area contributed by atoms with Crippen LogP contribution in [0.5, 0.6) is 0 Å². The highest BCUT2D eigenvalue weighted by atomic mass is 16.3. The van der Waals surface area contributed by atoms with Crippen LogP contribution in [0, 0.1) is 5.92 Å². The highest BCUT2D eigenvalue weighted by Crippen LogP contribution is 2.15. The molecule has 1 aliphatic heterocycles. The number of aliphatic hydroxyl groups is 1. The number of aliphatic hydroxyl groups excluding tert-OH is 1. The van der Waals surface area contributed by atoms with Gasteiger partial charge in [-0.15, -0.1) is 0 Å². The first-order valence-electron chi connectivity index (χ1n) is 3.89. The fraction of sp³-hybridized carbons (Fsp3) is 0.857. The summed E-state index contributed by atoms with van der Waals surface area (Å²) in [6, 6.07) is 0. The van der Waals surface area contributed by atoms with Crippen LogP contribution in [0.25, 0.3) is 0 Å². The monoisotopic (exact) mass is 153 g/mol. The topological polar surface area (TPSA) is 40.5 Å². The third-order valence-corrected chi connectivity index (χ3v) is 2.18. The third kappa shape index (κ3) is 2.22.